The van der Waals surface area contributed by atoms with Gasteiger partial charge in [-0.25, -0.2) is 9.36 Å². The highest BCUT2D eigenvalue weighted by molar-refractivity contribution is 5.79. The highest BCUT2D eigenvalue weighted by Crippen LogP contribution is 2.34. The first-order valence-electron chi connectivity index (χ1n) is 10.0. The Kier molecular flexibility index (Phi) is 7.76. The van der Waals surface area contributed by atoms with Crippen molar-refractivity contribution in [3.05, 3.63) is 69.0 Å². The monoisotopic (exact) mass is 463 g/mol. The minimum atomic E-state index is -1.80. The van der Waals surface area contributed by atoms with Gasteiger partial charge in [-0.1, -0.05) is 30.3 Å². The topological polar surface area (TPSA) is 161 Å². The van der Waals surface area contributed by atoms with Gasteiger partial charge >= 0.3 is 11.7 Å². The number of hydrogen-bond donors (Lipinski definition) is 2. The zero-order valence-electron chi connectivity index (χ0n) is 18.0. The first kappa shape index (κ1) is 24.3. The number of aromatic nitrogens is 2. The van der Waals surface area contributed by atoms with E-state index < -0.39 is 53.8 Å². The predicted molar refractivity (Wildman–Crippen MR) is 112 cm³/mol. The number of ether oxygens (including phenoxy) is 4. The van der Waals surface area contributed by atoms with Gasteiger partial charge in [0, 0.05) is 26.3 Å². The number of esters is 1. The van der Waals surface area contributed by atoms with Crippen LogP contribution in [0.5, 0.6) is 0 Å². The molecule has 12 nitrogen and oxygen atoms in total. The Hall–Kier alpha value is -3.32. The summed E-state index contributed by atoms with van der Waals surface area (Å²) in [7, 11) is 1.26. The molecule has 33 heavy (non-hydrogen) atoms. The first-order valence-corrected chi connectivity index (χ1v) is 10.0. The number of rotatable bonds is 9. The molecule has 1 saturated heterocycles. The summed E-state index contributed by atoms with van der Waals surface area (Å²) in [6, 6.07) is 10.3. The maximum absolute atomic E-state index is 13.1. The maximum Gasteiger partial charge on any atom is 0.335 e. The summed E-state index contributed by atoms with van der Waals surface area (Å²) < 4.78 is 23.6. The minimum absolute atomic E-state index is 0.163. The summed E-state index contributed by atoms with van der Waals surface area (Å²) in [5.41, 5.74) is 4.59. The van der Waals surface area contributed by atoms with Crippen LogP contribution in [0, 0.1) is 0 Å². The number of methoxy groups -OCH3 is 1. The molecule has 3 N–H and O–H groups in total. The minimum Gasteiger partial charge on any atom is -0.455 e. The normalized spacial score (nSPS) is 23.2. The fraction of sp³-hybridized carbons (Fsp3) is 0.429. The molecule has 2 aromatic rings. The second-order valence-corrected chi connectivity index (χ2v) is 7.35. The van der Waals surface area contributed by atoms with Crippen molar-refractivity contribution >= 4 is 11.9 Å². The molecule has 1 aliphatic rings. The van der Waals surface area contributed by atoms with Crippen LogP contribution in [0.1, 0.15) is 18.7 Å². The van der Waals surface area contributed by atoms with E-state index in [0.29, 0.717) is 0 Å². The van der Waals surface area contributed by atoms with Gasteiger partial charge < -0.3 is 29.8 Å². The van der Waals surface area contributed by atoms with Crippen molar-refractivity contribution in [1.29, 1.82) is 0 Å². The second-order valence-electron chi connectivity index (χ2n) is 7.35. The van der Waals surface area contributed by atoms with Crippen LogP contribution >= 0.6 is 0 Å². The molecule has 0 unspecified atom stereocenters. The quantitative estimate of drug-likeness (QED) is 0.439. The molecule has 3 rings (SSSR count). The Morgan fingerprint density at radius 1 is 1.18 bits per heavy atom. The number of amides is 1. The lowest BCUT2D eigenvalue weighted by Gasteiger charge is -2.24. The summed E-state index contributed by atoms with van der Waals surface area (Å²) in [4.78, 5) is 48.6. The Morgan fingerprint density at radius 2 is 1.88 bits per heavy atom. The highest BCUT2D eigenvalue weighted by Gasteiger charge is 2.52. The first-order chi connectivity index (χ1) is 15.7. The molecular weight excluding hydrogens is 438 g/mol. The SMILES string of the molecule is CO[C@H]1[C@@H](OC(C)=O)[C@H](n2ccc(=O)n(COCc3ccccc3)c2=O)O[C@@H]1[C@@H](O)C(N)=O. The van der Waals surface area contributed by atoms with Crippen molar-refractivity contribution in [2.24, 2.45) is 5.73 Å². The highest BCUT2D eigenvalue weighted by atomic mass is 16.6. The number of aliphatic hydroxyl groups excluding tert-OH is 1. The third kappa shape index (κ3) is 5.37. The van der Waals surface area contributed by atoms with Crippen molar-refractivity contribution in [2.75, 3.05) is 7.11 Å². The van der Waals surface area contributed by atoms with E-state index in [9.17, 15) is 24.3 Å². The van der Waals surface area contributed by atoms with E-state index in [2.05, 4.69) is 0 Å². The smallest absolute Gasteiger partial charge is 0.335 e. The lowest BCUT2D eigenvalue weighted by molar-refractivity contribution is -0.157. The standard InChI is InChI=1S/C21H25N3O9/c1-12(25)32-18-17(30-2)16(15(27)19(22)28)33-20(18)23-9-8-14(26)24(21(23)29)11-31-10-13-6-4-3-5-7-13/h3-9,15-18,20,27H,10-11H2,1-2H3,(H2,22,28)/t15-,16-,17-,18-,20-/m1/s1. The van der Waals surface area contributed by atoms with Gasteiger partial charge in [0.1, 0.15) is 18.9 Å². The third-order valence-corrected chi connectivity index (χ3v) is 5.10. The number of benzene rings is 1. The largest absolute Gasteiger partial charge is 0.455 e. The van der Waals surface area contributed by atoms with Crippen LogP contribution in [0.4, 0.5) is 0 Å². The number of nitrogens with zero attached hydrogens (tertiary/aromatic N) is 2. The molecule has 5 atom stereocenters. The third-order valence-electron chi connectivity index (χ3n) is 5.10. The molecular formula is C21H25N3O9. The fourth-order valence-corrected chi connectivity index (χ4v) is 3.56. The molecule has 0 aliphatic carbocycles. The molecule has 12 heteroatoms. The predicted octanol–water partition coefficient (Wildman–Crippen LogP) is -1.13. The number of primary amides is 1. The molecule has 0 radical (unpaired) electrons. The molecule has 1 aromatic carbocycles. The van der Waals surface area contributed by atoms with E-state index in [1.54, 1.807) is 0 Å². The summed E-state index contributed by atoms with van der Waals surface area (Å²) in [5.74, 6) is -1.80. The van der Waals surface area contributed by atoms with Crippen molar-refractivity contribution in [2.45, 2.75) is 50.9 Å². The Balaban J connectivity index is 1.91. The van der Waals surface area contributed by atoms with Crippen LogP contribution in [0.2, 0.25) is 0 Å². The average molecular weight is 463 g/mol. The molecule has 1 aromatic heterocycles. The number of carbonyl (C=O) groups excluding carboxylic acids is 2. The Morgan fingerprint density at radius 3 is 2.48 bits per heavy atom. The lowest BCUT2D eigenvalue weighted by Crippen LogP contribution is -2.47. The summed E-state index contributed by atoms with van der Waals surface area (Å²) in [6.07, 6.45) is -5.63. The molecule has 178 valence electrons. The number of aliphatic hydroxyl groups is 1. The summed E-state index contributed by atoms with van der Waals surface area (Å²) >= 11 is 0. The van der Waals surface area contributed by atoms with E-state index in [0.717, 1.165) is 33.9 Å². The lowest BCUT2D eigenvalue weighted by atomic mass is 10.0. The summed E-state index contributed by atoms with van der Waals surface area (Å²) in [6.45, 7) is 0.957. The van der Waals surface area contributed by atoms with Crippen LogP contribution in [-0.2, 0) is 41.9 Å². The molecule has 0 bridgehead atoms. The van der Waals surface area contributed by atoms with Gasteiger partial charge in [0.05, 0.1) is 6.61 Å². The van der Waals surface area contributed by atoms with Crippen molar-refractivity contribution in [1.82, 2.24) is 9.13 Å². The van der Waals surface area contributed by atoms with Crippen molar-refractivity contribution < 1.29 is 33.6 Å². The maximum atomic E-state index is 13.1. The average Bonchev–Trinajstić information content (AvgIpc) is 3.13. The number of hydrogen-bond acceptors (Lipinski definition) is 9. The fourth-order valence-electron chi connectivity index (χ4n) is 3.56. The van der Waals surface area contributed by atoms with Gasteiger partial charge in [-0.15, -0.1) is 0 Å². The van der Waals surface area contributed by atoms with Gasteiger partial charge in [-0.3, -0.25) is 19.0 Å². The zero-order chi connectivity index (χ0) is 24.1. The second kappa shape index (κ2) is 10.5. The molecule has 2 heterocycles. The number of carbonyl (C=O) groups is 2. The molecule has 1 amide bonds. The Bertz CT molecular complexity index is 1100. The van der Waals surface area contributed by atoms with E-state index in [4.69, 9.17) is 24.7 Å². The van der Waals surface area contributed by atoms with Crippen LogP contribution in [0.15, 0.2) is 52.2 Å². The molecule has 1 fully saturated rings. The van der Waals surface area contributed by atoms with E-state index in [1.165, 1.54) is 7.11 Å². The van der Waals surface area contributed by atoms with Crippen LogP contribution in [0.25, 0.3) is 0 Å². The van der Waals surface area contributed by atoms with E-state index in [1.807, 2.05) is 30.3 Å². The zero-order valence-corrected chi connectivity index (χ0v) is 18.0. The number of nitrogens with two attached hydrogens (primary N) is 1. The molecule has 0 spiro atoms. The van der Waals surface area contributed by atoms with Crippen LogP contribution in [0.3, 0.4) is 0 Å². The van der Waals surface area contributed by atoms with Gasteiger partial charge in [0.2, 0.25) is 5.91 Å². The molecule has 0 saturated carbocycles. The van der Waals surface area contributed by atoms with Gasteiger partial charge in [-0.05, 0) is 5.56 Å². The van der Waals surface area contributed by atoms with E-state index in [-0.39, 0.29) is 13.3 Å². The summed E-state index contributed by atoms with van der Waals surface area (Å²) in [5, 5.41) is 10.2. The Labute approximate surface area is 188 Å². The van der Waals surface area contributed by atoms with Crippen molar-refractivity contribution in [3.8, 4) is 0 Å². The van der Waals surface area contributed by atoms with Gasteiger partial charge in [-0.2, -0.15) is 0 Å². The van der Waals surface area contributed by atoms with Gasteiger partial charge in [0.25, 0.3) is 5.56 Å². The van der Waals surface area contributed by atoms with Gasteiger partial charge in [0.15, 0.2) is 18.4 Å². The van der Waals surface area contributed by atoms with Crippen molar-refractivity contribution in [3.63, 3.8) is 0 Å². The molecule has 1 aliphatic heterocycles. The van der Waals surface area contributed by atoms with E-state index >= 15 is 0 Å². The van der Waals surface area contributed by atoms with Crippen LogP contribution in [-0.4, -0.2) is 57.6 Å². The van der Waals surface area contributed by atoms with Crippen LogP contribution < -0.4 is 17.0 Å².